The normalized spacial score (nSPS) is 37.0. The number of hydrogen-bond donors (Lipinski definition) is 0. The van der Waals surface area contributed by atoms with Gasteiger partial charge in [0.2, 0.25) is 0 Å². The zero-order chi connectivity index (χ0) is 19.0. The molecule has 4 rings (SSSR count). The van der Waals surface area contributed by atoms with Gasteiger partial charge in [-0.25, -0.2) is 4.79 Å². The van der Waals surface area contributed by atoms with Crippen LogP contribution in [-0.2, 0) is 9.53 Å². The standard InChI is InChI=1S/C21H35N3O3/c1-3-27-12-6-10-22-11-9-17(15(2)14-22)24-20(25)19-13-16-7-4-5-8-18(16)23(19)21(24)26/h15-19H,3-14H2,1-2H3/t15-,16-,17-,18+,19-/m0/s1. The summed E-state index contributed by atoms with van der Waals surface area (Å²) in [5.74, 6) is 0.986. The van der Waals surface area contributed by atoms with E-state index in [0.29, 0.717) is 17.9 Å². The molecule has 0 unspecified atom stereocenters. The van der Waals surface area contributed by atoms with Gasteiger partial charge in [-0.3, -0.25) is 9.69 Å². The van der Waals surface area contributed by atoms with Crippen LogP contribution in [0.15, 0.2) is 0 Å². The minimum atomic E-state index is -0.165. The van der Waals surface area contributed by atoms with E-state index in [1.807, 2.05) is 11.8 Å². The number of nitrogens with zero attached hydrogens (tertiary/aromatic N) is 3. The Balaban J connectivity index is 1.37. The third-order valence-electron chi connectivity index (χ3n) is 7.28. The third-order valence-corrected chi connectivity index (χ3v) is 7.28. The van der Waals surface area contributed by atoms with Gasteiger partial charge in [-0.05, 0) is 50.9 Å². The van der Waals surface area contributed by atoms with Crippen molar-refractivity contribution in [3.05, 3.63) is 0 Å². The van der Waals surface area contributed by atoms with Gasteiger partial charge in [-0.1, -0.05) is 19.8 Å². The van der Waals surface area contributed by atoms with E-state index >= 15 is 0 Å². The van der Waals surface area contributed by atoms with Crippen molar-refractivity contribution >= 4 is 11.9 Å². The lowest BCUT2D eigenvalue weighted by Crippen LogP contribution is -2.53. The van der Waals surface area contributed by atoms with Gasteiger partial charge in [0.15, 0.2) is 0 Å². The van der Waals surface area contributed by atoms with Gasteiger partial charge in [0.05, 0.1) is 0 Å². The zero-order valence-corrected chi connectivity index (χ0v) is 16.9. The van der Waals surface area contributed by atoms with Crippen molar-refractivity contribution in [1.29, 1.82) is 0 Å². The number of amides is 3. The number of imide groups is 1. The average Bonchev–Trinajstić information content (AvgIpc) is 3.16. The van der Waals surface area contributed by atoms with E-state index in [4.69, 9.17) is 4.74 Å². The molecule has 4 fully saturated rings. The second-order valence-electron chi connectivity index (χ2n) is 8.95. The maximum atomic E-state index is 13.2. The van der Waals surface area contributed by atoms with E-state index in [-0.39, 0.29) is 24.0 Å². The Hall–Kier alpha value is -1.14. The molecule has 6 heteroatoms. The number of likely N-dealkylation sites (tertiary alicyclic amines) is 1. The van der Waals surface area contributed by atoms with Crippen molar-refractivity contribution in [2.75, 3.05) is 32.8 Å². The van der Waals surface area contributed by atoms with Crippen LogP contribution in [0.25, 0.3) is 0 Å². The van der Waals surface area contributed by atoms with E-state index in [1.54, 1.807) is 4.90 Å². The number of carbonyl (C=O) groups excluding carboxylic acids is 2. The number of hydrogen-bond acceptors (Lipinski definition) is 4. The molecular formula is C21H35N3O3. The second kappa shape index (κ2) is 8.08. The van der Waals surface area contributed by atoms with Gasteiger partial charge in [-0.15, -0.1) is 0 Å². The minimum absolute atomic E-state index is 0.0149. The first-order valence-electron chi connectivity index (χ1n) is 11.1. The highest BCUT2D eigenvalue weighted by Gasteiger charge is 2.57. The quantitative estimate of drug-likeness (QED) is 0.528. The SMILES string of the molecule is CCOCCCN1CC[C@H](N2C(=O)[C@@H]3C[C@@H]4CCCC[C@H]4N3C2=O)[C@@H](C)C1. The van der Waals surface area contributed by atoms with Gasteiger partial charge >= 0.3 is 6.03 Å². The predicted molar refractivity (Wildman–Crippen MR) is 103 cm³/mol. The third kappa shape index (κ3) is 3.51. The molecule has 0 aromatic carbocycles. The molecular weight excluding hydrogens is 342 g/mol. The van der Waals surface area contributed by atoms with Crippen LogP contribution < -0.4 is 0 Å². The van der Waals surface area contributed by atoms with Gasteiger partial charge in [0, 0.05) is 44.9 Å². The Morgan fingerprint density at radius 1 is 1.11 bits per heavy atom. The van der Waals surface area contributed by atoms with E-state index in [1.165, 1.54) is 19.3 Å². The van der Waals surface area contributed by atoms with E-state index in [2.05, 4.69) is 11.8 Å². The zero-order valence-electron chi connectivity index (χ0n) is 16.9. The number of carbonyl (C=O) groups is 2. The molecule has 3 heterocycles. The van der Waals surface area contributed by atoms with Crippen molar-refractivity contribution in [2.24, 2.45) is 11.8 Å². The van der Waals surface area contributed by atoms with E-state index in [9.17, 15) is 9.59 Å². The molecule has 3 aliphatic heterocycles. The van der Waals surface area contributed by atoms with Crippen LogP contribution in [0, 0.1) is 11.8 Å². The summed E-state index contributed by atoms with van der Waals surface area (Å²) >= 11 is 0. The van der Waals surface area contributed by atoms with Crippen LogP contribution in [0.4, 0.5) is 4.79 Å². The second-order valence-corrected chi connectivity index (χ2v) is 8.95. The average molecular weight is 378 g/mol. The molecule has 0 bridgehead atoms. The van der Waals surface area contributed by atoms with Gasteiger partial charge < -0.3 is 14.5 Å². The molecule has 1 saturated carbocycles. The van der Waals surface area contributed by atoms with Crippen LogP contribution in [0.3, 0.4) is 0 Å². The summed E-state index contributed by atoms with van der Waals surface area (Å²) in [5.41, 5.74) is 0. The van der Waals surface area contributed by atoms with E-state index in [0.717, 1.165) is 58.5 Å². The monoisotopic (exact) mass is 377 g/mol. The molecule has 0 spiro atoms. The summed E-state index contributed by atoms with van der Waals surface area (Å²) in [7, 11) is 0. The lowest BCUT2D eigenvalue weighted by atomic mass is 9.84. The van der Waals surface area contributed by atoms with Gasteiger partial charge in [0.25, 0.3) is 5.91 Å². The Morgan fingerprint density at radius 2 is 1.93 bits per heavy atom. The highest BCUT2D eigenvalue weighted by Crippen LogP contribution is 2.44. The highest BCUT2D eigenvalue weighted by molar-refractivity contribution is 6.05. The number of ether oxygens (including phenoxy) is 1. The smallest absolute Gasteiger partial charge is 0.327 e. The summed E-state index contributed by atoms with van der Waals surface area (Å²) in [5, 5.41) is 0. The maximum absolute atomic E-state index is 13.2. The summed E-state index contributed by atoms with van der Waals surface area (Å²) in [6.07, 6.45) is 7.58. The van der Waals surface area contributed by atoms with Crippen molar-refractivity contribution < 1.29 is 14.3 Å². The summed E-state index contributed by atoms with van der Waals surface area (Å²) in [6, 6.07) is 0.239. The molecule has 3 amide bonds. The summed E-state index contributed by atoms with van der Waals surface area (Å²) in [4.78, 5) is 32.5. The fourth-order valence-electron chi connectivity index (χ4n) is 5.98. The van der Waals surface area contributed by atoms with Crippen LogP contribution in [0.1, 0.15) is 58.8 Å². The molecule has 0 radical (unpaired) electrons. The molecule has 3 saturated heterocycles. The lowest BCUT2D eigenvalue weighted by molar-refractivity contribution is -0.131. The molecule has 6 nitrogen and oxygen atoms in total. The molecule has 5 atom stereocenters. The Bertz CT molecular complexity index is 569. The fraction of sp³-hybridized carbons (Fsp3) is 0.905. The number of rotatable bonds is 6. The van der Waals surface area contributed by atoms with Crippen molar-refractivity contribution in [3.63, 3.8) is 0 Å². The summed E-state index contributed by atoms with van der Waals surface area (Å²) in [6.45, 7) is 8.78. The van der Waals surface area contributed by atoms with Crippen LogP contribution in [0.5, 0.6) is 0 Å². The Kier molecular flexibility index (Phi) is 5.74. The Labute approximate surface area is 163 Å². The van der Waals surface area contributed by atoms with Gasteiger partial charge in [-0.2, -0.15) is 0 Å². The first-order valence-corrected chi connectivity index (χ1v) is 11.1. The van der Waals surface area contributed by atoms with E-state index < -0.39 is 0 Å². The van der Waals surface area contributed by atoms with Gasteiger partial charge in [0.1, 0.15) is 6.04 Å². The summed E-state index contributed by atoms with van der Waals surface area (Å²) < 4.78 is 5.44. The molecule has 152 valence electrons. The number of piperidine rings is 1. The molecule has 0 N–H and O–H groups in total. The fourth-order valence-corrected chi connectivity index (χ4v) is 5.98. The van der Waals surface area contributed by atoms with Crippen LogP contribution in [0.2, 0.25) is 0 Å². The van der Waals surface area contributed by atoms with Crippen molar-refractivity contribution in [2.45, 2.75) is 76.9 Å². The van der Waals surface area contributed by atoms with Crippen LogP contribution in [-0.4, -0.2) is 77.6 Å². The predicted octanol–water partition coefficient (Wildman–Crippen LogP) is 2.72. The Morgan fingerprint density at radius 3 is 2.70 bits per heavy atom. The molecule has 4 aliphatic rings. The lowest BCUT2D eigenvalue weighted by Gasteiger charge is -2.41. The van der Waals surface area contributed by atoms with Crippen molar-refractivity contribution in [1.82, 2.24) is 14.7 Å². The minimum Gasteiger partial charge on any atom is -0.382 e. The number of fused-ring (bicyclic) bond motifs is 3. The maximum Gasteiger partial charge on any atom is 0.327 e. The number of urea groups is 1. The largest absolute Gasteiger partial charge is 0.382 e. The molecule has 1 aliphatic carbocycles. The first-order chi connectivity index (χ1) is 13.1. The molecule has 0 aromatic heterocycles. The molecule has 27 heavy (non-hydrogen) atoms. The first kappa shape index (κ1) is 19.2. The molecule has 0 aromatic rings. The van der Waals surface area contributed by atoms with Crippen molar-refractivity contribution in [3.8, 4) is 0 Å². The van der Waals surface area contributed by atoms with Crippen LogP contribution >= 0.6 is 0 Å². The topological polar surface area (TPSA) is 53.1 Å². The highest BCUT2D eigenvalue weighted by atomic mass is 16.5.